The first-order valence-electron chi connectivity index (χ1n) is 8.29. The van der Waals surface area contributed by atoms with E-state index < -0.39 is 0 Å². The van der Waals surface area contributed by atoms with Gasteiger partial charge in [0, 0.05) is 19.3 Å². The summed E-state index contributed by atoms with van der Waals surface area (Å²) in [6.45, 7) is 2.11. The second-order valence-electron chi connectivity index (χ2n) is 6.43. The topological polar surface area (TPSA) is 63.1 Å². The van der Waals surface area contributed by atoms with Gasteiger partial charge >= 0.3 is 0 Å². The molecule has 2 heterocycles. The molecule has 0 aliphatic rings. The van der Waals surface area contributed by atoms with E-state index in [4.69, 9.17) is 0 Å². The van der Waals surface area contributed by atoms with Crippen molar-refractivity contribution in [2.24, 2.45) is 7.05 Å². The van der Waals surface area contributed by atoms with Gasteiger partial charge in [-0.2, -0.15) is 5.10 Å². The molecule has 0 unspecified atom stereocenters. The first-order chi connectivity index (χ1) is 12.0. The number of fused-ring (bicyclic) bond motifs is 1. The SMILES string of the molecule is C[C@@H](Nc1nn(C)c(=O)c2cccnc12)[C@@H](c1ccccc1)N(C)C. The summed E-state index contributed by atoms with van der Waals surface area (Å²) in [5.74, 6) is 0.619. The highest BCUT2D eigenvalue weighted by Crippen LogP contribution is 2.25. The standard InChI is InChI=1S/C19H23N5O/c1-13(17(23(2)3)14-9-6-5-7-10-14)21-18-16-15(11-8-12-20-16)19(25)24(4)22-18/h5-13,17H,1-4H3,(H,21,22)/t13-,17+/m1/s1. The molecule has 0 saturated carbocycles. The fourth-order valence-electron chi connectivity index (χ4n) is 3.26. The quantitative estimate of drug-likeness (QED) is 0.775. The smallest absolute Gasteiger partial charge is 0.276 e. The van der Waals surface area contributed by atoms with Crippen LogP contribution in [0.1, 0.15) is 18.5 Å². The van der Waals surface area contributed by atoms with Gasteiger partial charge in [-0.3, -0.25) is 9.78 Å². The van der Waals surface area contributed by atoms with E-state index in [0.29, 0.717) is 16.7 Å². The molecule has 2 atom stereocenters. The highest BCUT2D eigenvalue weighted by atomic mass is 16.1. The molecule has 3 rings (SSSR count). The number of nitrogens with one attached hydrogen (secondary N) is 1. The maximum Gasteiger partial charge on any atom is 0.276 e. The van der Waals surface area contributed by atoms with Gasteiger partial charge in [-0.1, -0.05) is 30.3 Å². The Hall–Kier alpha value is -2.73. The predicted molar refractivity (Wildman–Crippen MR) is 101 cm³/mol. The van der Waals surface area contributed by atoms with Crippen molar-refractivity contribution in [1.29, 1.82) is 0 Å². The first kappa shape index (κ1) is 17.1. The number of rotatable bonds is 5. The molecule has 0 saturated heterocycles. The summed E-state index contributed by atoms with van der Waals surface area (Å²) in [6.07, 6.45) is 1.68. The van der Waals surface area contributed by atoms with Gasteiger partial charge in [0.2, 0.25) is 0 Å². The molecule has 130 valence electrons. The maximum absolute atomic E-state index is 12.3. The van der Waals surface area contributed by atoms with Crippen molar-refractivity contribution in [3.05, 3.63) is 64.6 Å². The Morgan fingerprint density at radius 3 is 2.52 bits per heavy atom. The molecule has 0 amide bonds. The number of aromatic nitrogens is 3. The van der Waals surface area contributed by atoms with E-state index in [-0.39, 0.29) is 17.6 Å². The van der Waals surface area contributed by atoms with Crippen LogP contribution in [-0.2, 0) is 7.05 Å². The zero-order valence-electron chi connectivity index (χ0n) is 15.0. The summed E-state index contributed by atoms with van der Waals surface area (Å²) in [5, 5.41) is 8.41. The van der Waals surface area contributed by atoms with Crippen LogP contribution in [0.15, 0.2) is 53.5 Å². The largest absolute Gasteiger partial charge is 0.362 e. The lowest BCUT2D eigenvalue weighted by molar-refractivity contribution is 0.275. The third-order valence-corrected chi connectivity index (χ3v) is 4.34. The molecule has 3 aromatic rings. The second-order valence-corrected chi connectivity index (χ2v) is 6.43. The van der Waals surface area contributed by atoms with Gasteiger partial charge in [-0.25, -0.2) is 4.68 Å². The Bertz CT molecular complexity index is 920. The van der Waals surface area contributed by atoms with Crippen molar-refractivity contribution < 1.29 is 0 Å². The van der Waals surface area contributed by atoms with E-state index in [2.05, 4.69) is 53.5 Å². The highest BCUT2D eigenvalue weighted by molar-refractivity contribution is 5.87. The lowest BCUT2D eigenvalue weighted by atomic mass is 9.99. The summed E-state index contributed by atoms with van der Waals surface area (Å²) in [7, 11) is 5.77. The van der Waals surface area contributed by atoms with Crippen LogP contribution < -0.4 is 10.9 Å². The van der Waals surface area contributed by atoms with Crippen LogP contribution in [0.25, 0.3) is 10.9 Å². The average Bonchev–Trinajstić information content (AvgIpc) is 2.60. The molecule has 0 aliphatic heterocycles. The minimum Gasteiger partial charge on any atom is -0.362 e. The van der Waals surface area contributed by atoms with Gasteiger partial charge in [0.05, 0.1) is 11.4 Å². The lowest BCUT2D eigenvalue weighted by Crippen LogP contribution is -2.35. The fraction of sp³-hybridized carbons (Fsp3) is 0.316. The Kier molecular flexibility index (Phi) is 4.81. The van der Waals surface area contributed by atoms with Crippen LogP contribution in [0.3, 0.4) is 0 Å². The summed E-state index contributed by atoms with van der Waals surface area (Å²) < 4.78 is 1.35. The average molecular weight is 337 g/mol. The zero-order valence-corrected chi connectivity index (χ0v) is 15.0. The molecule has 0 bridgehead atoms. The molecule has 0 aliphatic carbocycles. The molecule has 6 heteroatoms. The molecule has 25 heavy (non-hydrogen) atoms. The molecule has 0 spiro atoms. The van der Waals surface area contributed by atoms with Crippen molar-refractivity contribution in [2.45, 2.75) is 19.0 Å². The number of anilines is 1. The van der Waals surface area contributed by atoms with Gasteiger partial charge in [0.25, 0.3) is 5.56 Å². The van der Waals surface area contributed by atoms with E-state index in [9.17, 15) is 4.79 Å². The van der Waals surface area contributed by atoms with E-state index in [1.807, 2.05) is 18.2 Å². The zero-order chi connectivity index (χ0) is 18.0. The van der Waals surface area contributed by atoms with E-state index in [1.54, 1.807) is 25.4 Å². The third-order valence-electron chi connectivity index (χ3n) is 4.34. The minimum atomic E-state index is -0.145. The summed E-state index contributed by atoms with van der Waals surface area (Å²) in [5.41, 5.74) is 1.67. The van der Waals surface area contributed by atoms with Crippen LogP contribution in [0.5, 0.6) is 0 Å². The van der Waals surface area contributed by atoms with Crippen molar-refractivity contribution in [2.75, 3.05) is 19.4 Å². The number of hydrogen-bond acceptors (Lipinski definition) is 5. The van der Waals surface area contributed by atoms with Crippen molar-refractivity contribution >= 4 is 16.7 Å². The molecule has 6 nitrogen and oxygen atoms in total. The Balaban J connectivity index is 2.00. The molecule has 2 aromatic heterocycles. The number of likely N-dealkylation sites (N-methyl/N-ethyl adjacent to an activating group) is 1. The molecular formula is C19H23N5O. The van der Waals surface area contributed by atoms with Gasteiger partial charge in [-0.15, -0.1) is 0 Å². The van der Waals surface area contributed by atoms with Crippen LogP contribution in [0, 0.1) is 0 Å². The molecule has 1 N–H and O–H groups in total. The molecule has 0 radical (unpaired) electrons. The summed E-state index contributed by atoms with van der Waals surface area (Å²) >= 11 is 0. The molecule has 1 aromatic carbocycles. The first-order valence-corrected chi connectivity index (χ1v) is 8.29. The van der Waals surface area contributed by atoms with E-state index in [1.165, 1.54) is 10.2 Å². The number of aryl methyl sites for hydroxylation is 1. The van der Waals surface area contributed by atoms with Crippen molar-refractivity contribution in [3.63, 3.8) is 0 Å². The van der Waals surface area contributed by atoms with Crippen LogP contribution in [0.2, 0.25) is 0 Å². The van der Waals surface area contributed by atoms with Crippen molar-refractivity contribution in [1.82, 2.24) is 19.7 Å². The Morgan fingerprint density at radius 1 is 1.12 bits per heavy atom. The van der Waals surface area contributed by atoms with Crippen LogP contribution in [-0.4, -0.2) is 39.8 Å². The number of nitrogens with zero attached hydrogens (tertiary/aromatic N) is 4. The third kappa shape index (κ3) is 3.39. The summed E-state index contributed by atoms with van der Waals surface area (Å²) in [6, 6.07) is 14.1. The molecular weight excluding hydrogens is 314 g/mol. The summed E-state index contributed by atoms with van der Waals surface area (Å²) in [4.78, 5) is 18.8. The maximum atomic E-state index is 12.3. The number of pyridine rings is 1. The lowest BCUT2D eigenvalue weighted by Gasteiger charge is -2.31. The second kappa shape index (κ2) is 7.03. The van der Waals surface area contributed by atoms with Crippen molar-refractivity contribution in [3.8, 4) is 0 Å². The van der Waals surface area contributed by atoms with Gasteiger partial charge < -0.3 is 10.2 Å². The Morgan fingerprint density at radius 2 is 1.84 bits per heavy atom. The molecule has 0 fully saturated rings. The van der Waals surface area contributed by atoms with Crippen LogP contribution in [0.4, 0.5) is 5.82 Å². The fourth-order valence-corrected chi connectivity index (χ4v) is 3.26. The van der Waals surface area contributed by atoms with Gasteiger partial charge in [-0.05, 0) is 38.7 Å². The van der Waals surface area contributed by atoms with E-state index >= 15 is 0 Å². The predicted octanol–water partition coefficient (Wildman–Crippen LogP) is 2.43. The van der Waals surface area contributed by atoms with E-state index in [0.717, 1.165) is 0 Å². The normalized spacial score (nSPS) is 13.8. The number of benzene rings is 1. The monoisotopic (exact) mass is 337 g/mol. The Labute approximate surface area is 147 Å². The van der Waals surface area contributed by atoms with Gasteiger partial charge in [0.1, 0.15) is 5.52 Å². The highest BCUT2D eigenvalue weighted by Gasteiger charge is 2.23. The van der Waals surface area contributed by atoms with Crippen LogP contribution >= 0.6 is 0 Å². The minimum absolute atomic E-state index is 0.0626. The van der Waals surface area contributed by atoms with Gasteiger partial charge in [0.15, 0.2) is 5.82 Å². The number of hydrogen-bond donors (Lipinski definition) is 1.